The molecule has 0 amide bonds. The molecular formula is C12H17N5O2. The molecule has 0 saturated carbocycles. The Kier molecular flexibility index (Phi) is 3.64. The molecule has 0 fully saturated rings. The fraction of sp³-hybridized carbons (Fsp3) is 0.500. The number of aryl methyl sites for hydroxylation is 1. The zero-order valence-electron chi connectivity index (χ0n) is 11.2. The van der Waals surface area contributed by atoms with Gasteiger partial charge in [0, 0.05) is 6.42 Å². The highest BCUT2D eigenvalue weighted by Crippen LogP contribution is 2.12. The molecule has 0 radical (unpaired) electrons. The third-order valence-corrected chi connectivity index (χ3v) is 2.88. The fourth-order valence-corrected chi connectivity index (χ4v) is 1.80. The highest BCUT2D eigenvalue weighted by atomic mass is 16.4. The van der Waals surface area contributed by atoms with Crippen molar-refractivity contribution in [3.05, 3.63) is 18.0 Å². The summed E-state index contributed by atoms with van der Waals surface area (Å²) in [6.07, 6.45) is 0.712. The van der Waals surface area contributed by atoms with E-state index >= 15 is 0 Å². The number of aromatic nitrogens is 4. The van der Waals surface area contributed by atoms with E-state index in [1.54, 1.807) is 16.6 Å². The van der Waals surface area contributed by atoms with E-state index in [2.05, 4.69) is 20.6 Å². The molecule has 7 nitrogen and oxygen atoms in total. The summed E-state index contributed by atoms with van der Waals surface area (Å²) >= 11 is 0. The standard InChI is InChI=1S/C12H17N5O2/c1-4-9-14-15-10-6-5-8(16-17(9)10)13-11(7(2)3)12(18)19/h5-7,11H,4H2,1-3H3,(H,13,16)(H,18,19)/t11-/m1/s1. The SMILES string of the molecule is CCc1nnc2ccc(N[C@@H](C(=O)O)C(C)C)nn12. The van der Waals surface area contributed by atoms with Gasteiger partial charge < -0.3 is 10.4 Å². The summed E-state index contributed by atoms with van der Waals surface area (Å²) in [5.41, 5.74) is 0.652. The second-order valence-electron chi connectivity index (χ2n) is 4.66. The van der Waals surface area contributed by atoms with Crippen LogP contribution in [0.1, 0.15) is 26.6 Å². The summed E-state index contributed by atoms with van der Waals surface area (Å²) in [4.78, 5) is 11.2. The number of hydrogen-bond donors (Lipinski definition) is 2. The van der Waals surface area contributed by atoms with Crippen LogP contribution in [-0.4, -0.2) is 36.9 Å². The average molecular weight is 263 g/mol. The van der Waals surface area contributed by atoms with Crippen LogP contribution in [0, 0.1) is 5.92 Å². The molecule has 0 spiro atoms. The topological polar surface area (TPSA) is 92.4 Å². The predicted molar refractivity (Wildman–Crippen MR) is 70.0 cm³/mol. The van der Waals surface area contributed by atoms with E-state index < -0.39 is 12.0 Å². The van der Waals surface area contributed by atoms with Crippen LogP contribution in [0.15, 0.2) is 12.1 Å². The second-order valence-corrected chi connectivity index (χ2v) is 4.66. The lowest BCUT2D eigenvalue weighted by molar-refractivity contribution is -0.138. The quantitative estimate of drug-likeness (QED) is 0.842. The van der Waals surface area contributed by atoms with Crippen molar-refractivity contribution in [1.29, 1.82) is 0 Å². The van der Waals surface area contributed by atoms with E-state index in [0.717, 1.165) is 5.82 Å². The summed E-state index contributed by atoms with van der Waals surface area (Å²) in [6.45, 7) is 5.66. The third kappa shape index (κ3) is 2.64. The molecule has 19 heavy (non-hydrogen) atoms. The van der Waals surface area contributed by atoms with Gasteiger partial charge >= 0.3 is 5.97 Å². The fourth-order valence-electron chi connectivity index (χ4n) is 1.80. The zero-order chi connectivity index (χ0) is 14.0. The first kappa shape index (κ1) is 13.3. The van der Waals surface area contributed by atoms with Crippen molar-refractivity contribution in [2.24, 2.45) is 5.92 Å². The van der Waals surface area contributed by atoms with Crippen molar-refractivity contribution in [2.75, 3.05) is 5.32 Å². The Morgan fingerprint density at radius 1 is 1.42 bits per heavy atom. The number of rotatable bonds is 5. The van der Waals surface area contributed by atoms with Gasteiger partial charge in [-0.3, -0.25) is 0 Å². The van der Waals surface area contributed by atoms with Gasteiger partial charge in [-0.2, -0.15) is 4.52 Å². The van der Waals surface area contributed by atoms with E-state index in [4.69, 9.17) is 5.11 Å². The molecule has 0 saturated heterocycles. The van der Waals surface area contributed by atoms with Gasteiger partial charge in [0.05, 0.1) is 0 Å². The number of hydrogen-bond acceptors (Lipinski definition) is 5. The van der Waals surface area contributed by atoms with Crippen molar-refractivity contribution >= 4 is 17.4 Å². The van der Waals surface area contributed by atoms with E-state index in [-0.39, 0.29) is 5.92 Å². The van der Waals surface area contributed by atoms with E-state index in [0.29, 0.717) is 17.9 Å². The first-order valence-electron chi connectivity index (χ1n) is 6.23. The Morgan fingerprint density at radius 3 is 2.74 bits per heavy atom. The number of carboxylic acid groups (broad SMARTS) is 1. The van der Waals surface area contributed by atoms with Crippen molar-refractivity contribution < 1.29 is 9.90 Å². The first-order chi connectivity index (χ1) is 9.02. The molecule has 0 unspecified atom stereocenters. The molecule has 1 atom stereocenters. The van der Waals surface area contributed by atoms with Crippen LogP contribution in [0.4, 0.5) is 5.82 Å². The Hall–Kier alpha value is -2.18. The number of fused-ring (bicyclic) bond motifs is 1. The molecule has 0 aromatic carbocycles. The van der Waals surface area contributed by atoms with Crippen molar-refractivity contribution in [2.45, 2.75) is 33.2 Å². The zero-order valence-corrected chi connectivity index (χ0v) is 11.2. The normalized spacial score (nSPS) is 12.8. The number of carbonyl (C=O) groups is 1. The molecule has 0 aliphatic rings. The molecule has 2 aromatic heterocycles. The lowest BCUT2D eigenvalue weighted by Gasteiger charge is -2.18. The average Bonchev–Trinajstić information content (AvgIpc) is 2.77. The Bertz CT molecular complexity index is 593. The molecule has 7 heteroatoms. The summed E-state index contributed by atoms with van der Waals surface area (Å²) in [5, 5.41) is 24.4. The molecule has 2 aromatic rings. The van der Waals surface area contributed by atoms with Crippen LogP contribution in [-0.2, 0) is 11.2 Å². The van der Waals surface area contributed by atoms with Crippen molar-refractivity contribution in [3.63, 3.8) is 0 Å². The largest absolute Gasteiger partial charge is 0.480 e. The summed E-state index contributed by atoms with van der Waals surface area (Å²) in [7, 11) is 0. The first-order valence-corrected chi connectivity index (χ1v) is 6.23. The molecule has 2 N–H and O–H groups in total. The van der Waals surface area contributed by atoms with E-state index in [9.17, 15) is 4.79 Å². The monoisotopic (exact) mass is 263 g/mol. The predicted octanol–water partition coefficient (Wildman–Crippen LogP) is 1.21. The van der Waals surface area contributed by atoms with Gasteiger partial charge in [0.1, 0.15) is 11.9 Å². The maximum atomic E-state index is 11.2. The van der Waals surface area contributed by atoms with Crippen LogP contribution in [0.25, 0.3) is 5.65 Å². The highest BCUT2D eigenvalue weighted by molar-refractivity contribution is 5.77. The minimum atomic E-state index is -0.892. The Balaban J connectivity index is 2.32. The maximum absolute atomic E-state index is 11.2. The number of anilines is 1. The van der Waals surface area contributed by atoms with Gasteiger partial charge in [0.25, 0.3) is 0 Å². The minimum Gasteiger partial charge on any atom is -0.480 e. The minimum absolute atomic E-state index is 0.0402. The summed E-state index contributed by atoms with van der Waals surface area (Å²) < 4.78 is 1.63. The molecule has 0 aliphatic carbocycles. The molecule has 2 heterocycles. The summed E-state index contributed by atoms with van der Waals surface area (Å²) in [6, 6.07) is 2.80. The van der Waals surface area contributed by atoms with Gasteiger partial charge in [-0.05, 0) is 18.1 Å². The number of nitrogens with zero attached hydrogens (tertiary/aromatic N) is 4. The Labute approximate surface area is 110 Å². The molecule has 0 bridgehead atoms. The van der Waals surface area contributed by atoms with Gasteiger partial charge in [-0.25, -0.2) is 4.79 Å². The van der Waals surface area contributed by atoms with Crippen molar-refractivity contribution in [3.8, 4) is 0 Å². The number of aliphatic carboxylic acids is 1. The third-order valence-electron chi connectivity index (χ3n) is 2.88. The number of carboxylic acids is 1. The van der Waals surface area contributed by atoms with Gasteiger partial charge in [-0.1, -0.05) is 20.8 Å². The molecule has 2 rings (SSSR count). The second kappa shape index (κ2) is 5.21. The van der Waals surface area contributed by atoms with Gasteiger partial charge in [-0.15, -0.1) is 15.3 Å². The molecule has 0 aliphatic heterocycles. The van der Waals surface area contributed by atoms with Crippen LogP contribution in [0.3, 0.4) is 0 Å². The van der Waals surface area contributed by atoms with Crippen molar-refractivity contribution in [1.82, 2.24) is 19.8 Å². The molecular weight excluding hydrogens is 246 g/mol. The molecule has 102 valence electrons. The van der Waals surface area contributed by atoms with Crippen LogP contribution in [0.2, 0.25) is 0 Å². The van der Waals surface area contributed by atoms with Gasteiger partial charge in [0.2, 0.25) is 0 Å². The van der Waals surface area contributed by atoms with E-state index in [1.807, 2.05) is 20.8 Å². The lowest BCUT2D eigenvalue weighted by Crippen LogP contribution is -2.34. The smallest absolute Gasteiger partial charge is 0.326 e. The number of nitrogens with one attached hydrogen (secondary N) is 1. The van der Waals surface area contributed by atoms with Crippen LogP contribution < -0.4 is 5.32 Å². The van der Waals surface area contributed by atoms with E-state index in [1.165, 1.54) is 0 Å². The highest BCUT2D eigenvalue weighted by Gasteiger charge is 2.21. The van der Waals surface area contributed by atoms with Crippen LogP contribution in [0.5, 0.6) is 0 Å². The summed E-state index contributed by atoms with van der Waals surface area (Å²) in [5.74, 6) is 0.316. The lowest BCUT2D eigenvalue weighted by atomic mass is 10.1. The maximum Gasteiger partial charge on any atom is 0.326 e. The van der Waals surface area contributed by atoms with Crippen LogP contribution >= 0.6 is 0 Å². The Morgan fingerprint density at radius 2 is 2.16 bits per heavy atom. The van der Waals surface area contributed by atoms with Gasteiger partial charge in [0.15, 0.2) is 11.5 Å².